The van der Waals surface area contributed by atoms with E-state index in [9.17, 15) is 28.0 Å². The number of fused-ring (bicyclic) bond motifs is 5. The average molecular weight is 826 g/mol. The maximum Gasteiger partial charge on any atom is 0.255 e. The molecule has 0 saturated carbocycles. The molecular weight excluding hydrogens is 779 g/mol. The standard InChI is InChI=1S/C45H47F4N7O4/c1-25-13-32-30-5-2-3-6-35(30)50-41(32)42(55(25)21-37(48)49)40-33(46)16-29(17-34(40)47)53-11-4-9-45(23-53)10-12-54(24-45)39(58)22-52-18-26-14-28-20-56(36-7-8-38(57)51-43(36)59)44(60)31(28)15-27(26)19-52/h2-3,5-6,14-17,25,36-37,42,50H,4,7-13,18-24H2,1H3,(H,51,57,59)/t25-,36?,42-,45?/m1/s1. The molecule has 11 nitrogen and oxygen atoms in total. The van der Waals surface area contributed by atoms with Crippen LogP contribution in [0, 0.1) is 17.0 Å². The van der Waals surface area contributed by atoms with Gasteiger partial charge in [-0.1, -0.05) is 24.3 Å². The van der Waals surface area contributed by atoms with Gasteiger partial charge in [0.1, 0.15) is 17.7 Å². The predicted octanol–water partition coefficient (Wildman–Crippen LogP) is 5.64. The molecule has 7 heterocycles. The molecule has 3 aromatic carbocycles. The van der Waals surface area contributed by atoms with Crippen LogP contribution in [0.4, 0.5) is 23.2 Å². The maximum atomic E-state index is 16.5. The molecule has 1 aromatic heterocycles. The molecule has 4 atom stereocenters. The second kappa shape index (κ2) is 14.7. The summed E-state index contributed by atoms with van der Waals surface area (Å²) >= 11 is 0. The van der Waals surface area contributed by atoms with Crippen molar-refractivity contribution in [3.63, 3.8) is 0 Å². The number of amides is 4. The van der Waals surface area contributed by atoms with E-state index in [1.807, 2.05) is 53.1 Å². The number of benzene rings is 3. The van der Waals surface area contributed by atoms with Crippen molar-refractivity contribution in [1.29, 1.82) is 0 Å². The highest BCUT2D eigenvalue weighted by Gasteiger charge is 2.45. The molecule has 0 radical (unpaired) electrons. The summed E-state index contributed by atoms with van der Waals surface area (Å²) in [5, 5.41) is 3.26. The van der Waals surface area contributed by atoms with Gasteiger partial charge >= 0.3 is 0 Å². The Hall–Kier alpha value is -5.28. The van der Waals surface area contributed by atoms with E-state index in [2.05, 4.69) is 15.2 Å². The Morgan fingerprint density at radius 1 is 0.933 bits per heavy atom. The van der Waals surface area contributed by atoms with E-state index < -0.39 is 42.6 Å². The molecule has 1 spiro atoms. The lowest BCUT2D eigenvalue weighted by Gasteiger charge is -2.42. The Balaban J connectivity index is 0.810. The van der Waals surface area contributed by atoms with Crippen LogP contribution >= 0.6 is 0 Å². The summed E-state index contributed by atoms with van der Waals surface area (Å²) < 4.78 is 60.9. The van der Waals surface area contributed by atoms with E-state index in [-0.39, 0.29) is 47.7 Å². The van der Waals surface area contributed by atoms with Gasteiger partial charge in [-0.25, -0.2) is 17.6 Å². The van der Waals surface area contributed by atoms with Gasteiger partial charge in [0, 0.05) is 97.1 Å². The molecule has 6 aliphatic heterocycles. The lowest BCUT2D eigenvalue weighted by atomic mass is 9.79. The summed E-state index contributed by atoms with van der Waals surface area (Å²) in [7, 11) is 0. The van der Waals surface area contributed by atoms with Gasteiger partial charge in [-0.05, 0) is 85.5 Å². The first-order valence-corrected chi connectivity index (χ1v) is 21.0. The third-order valence-corrected chi connectivity index (χ3v) is 14.0. The van der Waals surface area contributed by atoms with Gasteiger partial charge in [-0.15, -0.1) is 0 Å². The summed E-state index contributed by atoms with van der Waals surface area (Å²) in [6.07, 6.45) is 0.732. The summed E-state index contributed by atoms with van der Waals surface area (Å²) in [6, 6.07) is 12.1. The Labute approximate surface area is 344 Å². The molecule has 60 heavy (non-hydrogen) atoms. The number of hydrogen-bond acceptors (Lipinski definition) is 7. The molecule has 3 fully saturated rings. The minimum atomic E-state index is -2.69. The number of para-hydroxylation sites is 1. The number of anilines is 1. The molecule has 314 valence electrons. The summed E-state index contributed by atoms with van der Waals surface area (Å²) in [4.78, 5) is 63.7. The quantitative estimate of drug-likeness (QED) is 0.183. The van der Waals surface area contributed by atoms with Crippen molar-refractivity contribution >= 4 is 40.2 Å². The fourth-order valence-corrected chi connectivity index (χ4v) is 11.1. The molecular formula is C45H47F4N7O4. The van der Waals surface area contributed by atoms with Crippen molar-refractivity contribution in [2.45, 2.75) is 89.6 Å². The lowest BCUT2D eigenvalue weighted by molar-refractivity contribution is -0.137. The SMILES string of the molecule is C[C@@H]1Cc2c([nH]c3ccccc23)[C@@H](c2c(F)cc(N3CCCC4(CCN(C(=O)CN5Cc6cc7c(cc6C5)C(=O)N(C5CCC(=O)NC5=O)C7)C4)C3)cc2F)N1CC(F)F. The molecule has 4 aromatic rings. The van der Waals surface area contributed by atoms with E-state index in [0.717, 1.165) is 52.4 Å². The zero-order chi connectivity index (χ0) is 41.6. The van der Waals surface area contributed by atoms with Gasteiger partial charge in [-0.3, -0.25) is 34.3 Å². The third kappa shape index (κ3) is 6.64. The van der Waals surface area contributed by atoms with Gasteiger partial charge in [-0.2, -0.15) is 0 Å². The van der Waals surface area contributed by atoms with Crippen LogP contribution in [-0.2, 0) is 40.4 Å². The number of hydrogen-bond donors (Lipinski definition) is 2. The zero-order valence-corrected chi connectivity index (χ0v) is 33.4. The summed E-state index contributed by atoms with van der Waals surface area (Å²) in [6.45, 7) is 5.05. The van der Waals surface area contributed by atoms with Crippen LogP contribution in [0.2, 0.25) is 0 Å². The number of nitrogens with zero attached hydrogens (tertiary/aromatic N) is 5. The van der Waals surface area contributed by atoms with Crippen molar-refractivity contribution in [2.24, 2.45) is 5.41 Å². The minimum absolute atomic E-state index is 0.0114. The molecule has 6 aliphatic rings. The number of rotatable bonds is 7. The number of H-pyrrole nitrogens is 1. The Morgan fingerprint density at radius 3 is 2.47 bits per heavy atom. The van der Waals surface area contributed by atoms with Gasteiger partial charge in [0.05, 0.1) is 19.1 Å². The molecule has 4 amide bonds. The predicted molar refractivity (Wildman–Crippen MR) is 214 cm³/mol. The number of likely N-dealkylation sites (tertiary alicyclic amines) is 1. The molecule has 2 N–H and O–H groups in total. The number of aromatic amines is 1. The number of imide groups is 1. The maximum absolute atomic E-state index is 16.5. The Morgan fingerprint density at radius 2 is 1.70 bits per heavy atom. The largest absolute Gasteiger partial charge is 0.371 e. The van der Waals surface area contributed by atoms with Crippen LogP contribution in [0.15, 0.2) is 48.5 Å². The number of alkyl halides is 2. The lowest BCUT2D eigenvalue weighted by Crippen LogP contribution is -2.52. The van der Waals surface area contributed by atoms with E-state index in [4.69, 9.17) is 0 Å². The fraction of sp³-hybridized carbons (Fsp3) is 0.467. The Bertz CT molecular complexity index is 2430. The third-order valence-electron chi connectivity index (χ3n) is 14.0. The molecule has 2 unspecified atom stereocenters. The highest BCUT2D eigenvalue weighted by Crippen LogP contribution is 2.45. The van der Waals surface area contributed by atoms with Gasteiger partial charge in [0.25, 0.3) is 12.3 Å². The van der Waals surface area contributed by atoms with Crippen molar-refractivity contribution in [3.8, 4) is 0 Å². The fourth-order valence-electron chi connectivity index (χ4n) is 11.1. The topological polar surface area (TPSA) is 112 Å². The molecule has 3 saturated heterocycles. The van der Waals surface area contributed by atoms with Crippen molar-refractivity contribution in [3.05, 3.63) is 99.2 Å². The van der Waals surface area contributed by atoms with E-state index in [1.165, 1.54) is 17.0 Å². The first-order chi connectivity index (χ1) is 28.8. The van der Waals surface area contributed by atoms with E-state index in [1.54, 1.807) is 4.90 Å². The normalized spacial score (nSPS) is 25.8. The highest BCUT2D eigenvalue weighted by atomic mass is 19.3. The molecule has 10 rings (SSSR count). The van der Waals surface area contributed by atoms with Crippen LogP contribution < -0.4 is 10.2 Å². The number of halogens is 4. The van der Waals surface area contributed by atoms with Crippen LogP contribution in [0.5, 0.6) is 0 Å². The van der Waals surface area contributed by atoms with Gasteiger partial charge in [0.15, 0.2) is 0 Å². The van der Waals surface area contributed by atoms with Gasteiger partial charge < -0.3 is 19.7 Å². The van der Waals surface area contributed by atoms with Crippen LogP contribution in [0.25, 0.3) is 10.9 Å². The van der Waals surface area contributed by atoms with Crippen molar-refractivity contribution in [1.82, 2.24) is 29.9 Å². The number of carbonyl (C=O) groups is 4. The molecule has 0 bridgehead atoms. The van der Waals surface area contributed by atoms with Gasteiger partial charge in [0.2, 0.25) is 17.7 Å². The minimum Gasteiger partial charge on any atom is -0.371 e. The smallest absolute Gasteiger partial charge is 0.255 e. The molecule has 0 aliphatic carbocycles. The monoisotopic (exact) mass is 825 g/mol. The van der Waals surface area contributed by atoms with E-state index >= 15 is 8.78 Å². The van der Waals surface area contributed by atoms with Crippen molar-refractivity contribution in [2.75, 3.05) is 44.2 Å². The van der Waals surface area contributed by atoms with Crippen LogP contribution in [0.1, 0.15) is 88.9 Å². The second-order valence-electron chi connectivity index (χ2n) is 17.8. The highest BCUT2D eigenvalue weighted by molar-refractivity contribution is 6.05. The number of piperidine rings is 2. The first-order valence-electron chi connectivity index (χ1n) is 21.0. The number of nitrogens with one attached hydrogen (secondary N) is 2. The van der Waals surface area contributed by atoms with Crippen LogP contribution in [-0.4, -0.2) is 106 Å². The van der Waals surface area contributed by atoms with E-state index in [0.29, 0.717) is 75.6 Å². The summed E-state index contributed by atoms with van der Waals surface area (Å²) in [5.74, 6) is -2.52. The average Bonchev–Trinajstić information content (AvgIpc) is 3.98. The van der Waals surface area contributed by atoms with Crippen molar-refractivity contribution < 1.29 is 36.7 Å². The first kappa shape index (κ1) is 38.9. The zero-order valence-electron chi connectivity index (χ0n) is 33.4. The Kier molecular flexibility index (Phi) is 9.54. The number of carbonyl (C=O) groups excluding carboxylic acids is 4. The number of aromatic nitrogens is 1. The summed E-state index contributed by atoms with van der Waals surface area (Å²) in [5.41, 5.74) is 5.59. The van der Waals surface area contributed by atoms with Crippen LogP contribution in [0.3, 0.4) is 0 Å². The molecule has 15 heteroatoms. The second-order valence-corrected chi connectivity index (χ2v) is 17.8.